The zero-order valence-corrected chi connectivity index (χ0v) is 16.6. The Kier molecular flexibility index (Phi) is 5.38. The number of benzene rings is 1. The summed E-state index contributed by atoms with van der Waals surface area (Å²) in [4.78, 5) is 12.2. The maximum atomic E-state index is 12.2. The minimum atomic E-state index is 0.0451. The highest BCUT2D eigenvalue weighted by atomic mass is 32.2. The molecule has 144 valence electrons. The molecule has 1 amide bonds. The van der Waals surface area contributed by atoms with Crippen LogP contribution in [0, 0.1) is 25.7 Å². The van der Waals surface area contributed by atoms with Gasteiger partial charge in [0, 0.05) is 6.04 Å². The molecule has 2 aromatic rings. The molecular weight excluding hydrogens is 362 g/mol. The Morgan fingerprint density at radius 2 is 2.15 bits per heavy atom. The molecule has 2 saturated carbocycles. The number of amides is 1. The number of hydrogen-bond acceptors (Lipinski definition) is 6. The monoisotopic (exact) mass is 387 g/mol. The lowest BCUT2D eigenvalue weighted by molar-refractivity contribution is -0.119. The summed E-state index contributed by atoms with van der Waals surface area (Å²) in [5.41, 5.74) is 2.40. The molecule has 0 aliphatic heterocycles. The average Bonchev–Trinajstić information content (AvgIpc) is 3.38. The predicted molar refractivity (Wildman–Crippen MR) is 103 cm³/mol. The van der Waals surface area contributed by atoms with E-state index in [0.717, 1.165) is 18.1 Å². The normalized spacial score (nSPS) is 23.6. The van der Waals surface area contributed by atoms with E-state index in [1.165, 1.54) is 42.2 Å². The summed E-state index contributed by atoms with van der Waals surface area (Å²) in [6, 6.07) is 6.30. The van der Waals surface area contributed by atoms with Crippen molar-refractivity contribution in [3.8, 4) is 5.75 Å². The van der Waals surface area contributed by atoms with Gasteiger partial charge in [0.15, 0.2) is 6.61 Å². The van der Waals surface area contributed by atoms with Crippen LogP contribution in [0.1, 0.15) is 42.7 Å². The van der Waals surface area contributed by atoms with Gasteiger partial charge in [0.1, 0.15) is 5.75 Å². The Hall–Kier alpha value is -2.02. The maximum absolute atomic E-state index is 12.2. The lowest BCUT2D eigenvalue weighted by Crippen LogP contribution is -2.39. The van der Waals surface area contributed by atoms with E-state index < -0.39 is 0 Å². The molecule has 4 rings (SSSR count). The Morgan fingerprint density at radius 1 is 1.26 bits per heavy atom. The van der Waals surface area contributed by atoms with E-state index in [1.54, 1.807) is 0 Å². The van der Waals surface area contributed by atoms with Crippen LogP contribution in [0.4, 0.5) is 0 Å². The fourth-order valence-electron chi connectivity index (χ4n) is 4.10. The second-order valence-corrected chi connectivity index (χ2v) is 8.56. The first-order valence-electron chi connectivity index (χ1n) is 9.51. The van der Waals surface area contributed by atoms with Crippen molar-refractivity contribution in [1.82, 2.24) is 15.5 Å². The van der Waals surface area contributed by atoms with E-state index in [2.05, 4.69) is 22.4 Å². The second kappa shape index (κ2) is 7.92. The minimum Gasteiger partial charge on any atom is -0.484 e. The molecule has 7 heteroatoms. The second-order valence-electron chi connectivity index (χ2n) is 7.63. The predicted octanol–water partition coefficient (Wildman–Crippen LogP) is 3.66. The molecule has 27 heavy (non-hydrogen) atoms. The molecule has 6 nitrogen and oxygen atoms in total. The van der Waals surface area contributed by atoms with Gasteiger partial charge in [0.05, 0.1) is 5.75 Å². The number of aromatic nitrogens is 2. The number of nitrogens with zero attached hydrogens (tertiary/aromatic N) is 2. The number of hydrogen-bond donors (Lipinski definition) is 1. The Balaban J connectivity index is 1.22. The third kappa shape index (κ3) is 4.46. The van der Waals surface area contributed by atoms with Gasteiger partial charge in [-0.1, -0.05) is 24.2 Å². The molecule has 0 unspecified atom stereocenters. The highest BCUT2D eigenvalue weighted by Gasteiger charge is 2.40. The topological polar surface area (TPSA) is 77.2 Å². The first-order valence-corrected chi connectivity index (χ1v) is 10.5. The number of aryl methyl sites for hydroxylation is 2. The molecule has 3 atom stereocenters. The number of carbonyl (C=O) groups excluding carboxylic acids is 1. The zero-order chi connectivity index (χ0) is 18.8. The summed E-state index contributed by atoms with van der Waals surface area (Å²) in [7, 11) is 0. The minimum absolute atomic E-state index is 0.0451. The molecule has 2 fully saturated rings. The summed E-state index contributed by atoms with van der Waals surface area (Å²) in [6.07, 6.45) is 5.02. The molecule has 2 aliphatic carbocycles. The molecule has 0 saturated heterocycles. The number of thioether (sulfide) groups is 1. The Bertz CT molecular complexity index is 823. The largest absolute Gasteiger partial charge is 0.484 e. The highest BCUT2D eigenvalue weighted by molar-refractivity contribution is 7.99. The molecule has 0 radical (unpaired) electrons. The molecule has 2 bridgehead atoms. The SMILES string of the molecule is Cc1ccc(OCc2nnc(SCC(=O)N[C@@H]3C[C@@H]4CC[C@@H]3C4)o2)cc1C. The fraction of sp³-hybridized carbons (Fsp3) is 0.550. The smallest absolute Gasteiger partial charge is 0.277 e. The first kappa shape index (κ1) is 18.3. The summed E-state index contributed by atoms with van der Waals surface area (Å²) in [5.74, 6) is 3.03. The van der Waals surface area contributed by atoms with Crippen LogP contribution in [-0.2, 0) is 11.4 Å². The van der Waals surface area contributed by atoms with Gasteiger partial charge in [-0.15, -0.1) is 10.2 Å². The first-order chi connectivity index (χ1) is 13.1. The highest BCUT2D eigenvalue weighted by Crippen LogP contribution is 2.44. The molecule has 1 heterocycles. The van der Waals surface area contributed by atoms with E-state index in [0.29, 0.717) is 28.8 Å². The molecular formula is C20H25N3O3S. The van der Waals surface area contributed by atoms with Crippen LogP contribution in [-0.4, -0.2) is 27.9 Å². The summed E-state index contributed by atoms with van der Waals surface area (Å²) < 4.78 is 11.3. The van der Waals surface area contributed by atoms with Crippen LogP contribution in [0.2, 0.25) is 0 Å². The number of fused-ring (bicyclic) bond motifs is 2. The third-order valence-corrected chi connectivity index (χ3v) is 6.52. The van der Waals surface area contributed by atoms with Crippen molar-refractivity contribution in [2.75, 3.05) is 5.75 Å². The van der Waals surface area contributed by atoms with Gasteiger partial charge in [0.2, 0.25) is 5.91 Å². The quantitative estimate of drug-likeness (QED) is 0.731. The van der Waals surface area contributed by atoms with Crippen molar-refractivity contribution in [2.45, 2.75) is 57.4 Å². The van der Waals surface area contributed by atoms with Crippen LogP contribution >= 0.6 is 11.8 Å². The average molecular weight is 388 g/mol. The molecule has 0 spiro atoms. The summed E-state index contributed by atoms with van der Waals surface area (Å²) in [5, 5.41) is 11.5. The van der Waals surface area contributed by atoms with Crippen LogP contribution in [0.5, 0.6) is 5.75 Å². The van der Waals surface area contributed by atoms with Crippen molar-refractivity contribution in [3.63, 3.8) is 0 Å². The maximum Gasteiger partial charge on any atom is 0.277 e. The van der Waals surface area contributed by atoms with E-state index in [9.17, 15) is 4.79 Å². The van der Waals surface area contributed by atoms with Crippen LogP contribution in [0.3, 0.4) is 0 Å². The number of ether oxygens (including phenoxy) is 1. The zero-order valence-electron chi connectivity index (χ0n) is 15.7. The standard InChI is InChI=1S/C20H25N3O3S/c1-12-3-6-16(7-13(12)2)25-10-19-22-23-20(26-19)27-11-18(24)21-17-9-14-4-5-15(17)8-14/h3,6-7,14-15,17H,4-5,8-11H2,1-2H3,(H,21,24)/t14-,15-,17-/m1/s1. The van der Waals surface area contributed by atoms with Gasteiger partial charge in [-0.2, -0.15) is 0 Å². The van der Waals surface area contributed by atoms with Crippen molar-refractivity contribution in [2.24, 2.45) is 11.8 Å². The van der Waals surface area contributed by atoms with Gasteiger partial charge in [-0.3, -0.25) is 4.79 Å². The van der Waals surface area contributed by atoms with Crippen molar-refractivity contribution >= 4 is 17.7 Å². The van der Waals surface area contributed by atoms with Gasteiger partial charge >= 0.3 is 0 Å². The van der Waals surface area contributed by atoms with E-state index in [4.69, 9.17) is 9.15 Å². The summed E-state index contributed by atoms with van der Waals surface area (Å²) in [6.45, 7) is 4.33. The Morgan fingerprint density at radius 3 is 2.89 bits per heavy atom. The van der Waals surface area contributed by atoms with Crippen LogP contribution < -0.4 is 10.1 Å². The number of nitrogens with one attached hydrogen (secondary N) is 1. The third-order valence-electron chi connectivity index (χ3n) is 5.70. The fourth-order valence-corrected chi connectivity index (χ4v) is 4.69. The number of rotatable bonds is 7. The molecule has 1 aromatic carbocycles. The summed E-state index contributed by atoms with van der Waals surface area (Å²) >= 11 is 1.27. The van der Waals surface area contributed by atoms with Crippen molar-refractivity contribution in [1.29, 1.82) is 0 Å². The molecule has 1 aromatic heterocycles. The van der Waals surface area contributed by atoms with Gasteiger partial charge < -0.3 is 14.5 Å². The van der Waals surface area contributed by atoms with Crippen molar-refractivity contribution < 1.29 is 13.9 Å². The van der Waals surface area contributed by atoms with E-state index in [-0.39, 0.29) is 12.5 Å². The van der Waals surface area contributed by atoms with E-state index >= 15 is 0 Å². The van der Waals surface area contributed by atoms with E-state index in [1.807, 2.05) is 25.1 Å². The molecule has 2 aliphatic rings. The van der Waals surface area contributed by atoms with Gasteiger partial charge in [-0.25, -0.2) is 0 Å². The van der Waals surface area contributed by atoms with Gasteiger partial charge in [0.25, 0.3) is 11.1 Å². The van der Waals surface area contributed by atoms with Crippen LogP contribution in [0.15, 0.2) is 27.8 Å². The lowest BCUT2D eigenvalue weighted by atomic mass is 9.95. The Labute approximate surface area is 163 Å². The number of carbonyl (C=O) groups is 1. The molecule has 1 N–H and O–H groups in total. The van der Waals surface area contributed by atoms with Gasteiger partial charge in [-0.05, 0) is 68.2 Å². The van der Waals surface area contributed by atoms with Crippen molar-refractivity contribution in [3.05, 3.63) is 35.2 Å². The van der Waals surface area contributed by atoms with Crippen LogP contribution in [0.25, 0.3) is 0 Å². The lowest BCUT2D eigenvalue weighted by Gasteiger charge is -2.22.